The molecule has 0 aliphatic rings. The minimum absolute atomic E-state index is 0.245. The lowest BCUT2D eigenvalue weighted by atomic mass is 9.96. The SMILES string of the molecule is C=C(C)c1c(C(C)C)nn(-c2ccccc2)c1-c1ccc(F)cc1. The van der Waals surface area contributed by atoms with Gasteiger partial charge in [-0.25, -0.2) is 9.07 Å². The van der Waals surface area contributed by atoms with E-state index in [0.717, 1.165) is 33.8 Å². The molecule has 0 unspecified atom stereocenters. The Morgan fingerprint density at radius 2 is 1.67 bits per heavy atom. The van der Waals surface area contributed by atoms with E-state index >= 15 is 0 Å². The fourth-order valence-electron chi connectivity index (χ4n) is 2.89. The molecule has 0 radical (unpaired) electrons. The van der Waals surface area contributed by atoms with Crippen LogP contribution in [0.3, 0.4) is 0 Å². The number of rotatable bonds is 4. The van der Waals surface area contributed by atoms with Gasteiger partial charge in [0.15, 0.2) is 0 Å². The van der Waals surface area contributed by atoms with Gasteiger partial charge in [0.05, 0.1) is 17.1 Å². The molecule has 3 heteroatoms. The number of hydrogen-bond acceptors (Lipinski definition) is 1. The molecule has 0 saturated heterocycles. The molecular formula is C21H21FN2. The van der Waals surface area contributed by atoms with Crippen molar-refractivity contribution in [1.29, 1.82) is 0 Å². The van der Waals surface area contributed by atoms with E-state index in [0.29, 0.717) is 0 Å². The maximum atomic E-state index is 13.4. The van der Waals surface area contributed by atoms with Crippen LogP contribution in [-0.2, 0) is 0 Å². The lowest BCUT2D eigenvalue weighted by Gasteiger charge is -2.11. The van der Waals surface area contributed by atoms with Crippen LogP contribution in [0.15, 0.2) is 61.2 Å². The molecule has 0 aliphatic heterocycles. The average Bonchev–Trinajstić information content (AvgIpc) is 2.97. The molecule has 0 N–H and O–H groups in total. The summed E-state index contributed by atoms with van der Waals surface area (Å²) in [5.74, 6) is 0.0198. The van der Waals surface area contributed by atoms with Gasteiger partial charge in [0.1, 0.15) is 5.82 Å². The molecule has 0 spiro atoms. The van der Waals surface area contributed by atoms with Gasteiger partial charge in [0, 0.05) is 11.1 Å². The van der Waals surface area contributed by atoms with Crippen molar-refractivity contribution in [2.75, 3.05) is 0 Å². The third-order valence-corrected chi connectivity index (χ3v) is 4.00. The molecule has 0 atom stereocenters. The zero-order valence-corrected chi connectivity index (χ0v) is 14.3. The average molecular weight is 320 g/mol. The van der Waals surface area contributed by atoms with Gasteiger partial charge in [-0.1, -0.05) is 38.6 Å². The Labute approximate surface area is 142 Å². The Kier molecular flexibility index (Phi) is 4.34. The molecule has 0 saturated carbocycles. The van der Waals surface area contributed by atoms with Crippen molar-refractivity contribution < 1.29 is 4.39 Å². The van der Waals surface area contributed by atoms with Gasteiger partial charge in [-0.15, -0.1) is 0 Å². The van der Waals surface area contributed by atoms with Gasteiger partial charge in [-0.3, -0.25) is 0 Å². The van der Waals surface area contributed by atoms with E-state index in [1.165, 1.54) is 12.1 Å². The summed E-state index contributed by atoms with van der Waals surface area (Å²) in [6.45, 7) is 10.4. The first-order chi connectivity index (χ1) is 11.5. The largest absolute Gasteiger partial charge is 0.232 e. The summed E-state index contributed by atoms with van der Waals surface area (Å²) in [6, 6.07) is 16.5. The zero-order chi connectivity index (χ0) is 17.3. The summed E-state index contributed by atoms with van der Waals surface area (Å²) in [7, 11) is 0. The highest BCUT2D eigenvalue weighted by Gasteiger charge is 2.22. The molecule has 1 heterocycles. The number of hydrogen-bond donors (Lipinski definition) is 0. The minimum atomic E-state index is -0.245. The quantitative estimate of drug-likeness (QED) is 0.591. The Morgan fingerprint density at radius 1 is 1.04 bits per heavy atom. The summed E-state index contributed by atoms with van der Waals surface area (Å²) in [6.07, 6.45) is 0. The van der Waals surface area contributed by atoms with E-state index in [-0.39, 0.29) is 11.7 Å². The summed E-state index contributed by atoms with van der Waals surface area (Å²) in [5, 5.41) is 4.86. The van der Waals surface area contributed by atoms with Gasteiger partial charge in [0.25, 0.3) is 0 Å². The number of halogens is 1. The van der Waals surface area contributed by atoms with E-state index in [4.69, 9.17) is 5.10 Å². The van der Waals surface area contributed by atoms with E-state index < -0.39 is 0 Å². The second kappa shape index (κ2) is 6.44. The number of nitrogens with zero attached hydrogens (tertiary/aromatic N) is 2. The summed E-state index contributed by atoms with van der Waals surface area (Å²) in [5.41, 5.74) is 5.87. The molecule has 0 bridgehead atoms. The highest BCUT2D eigenvalue weighted by atomic mass is 19.1. The van der Waals surface area contributed by atoms with Crippen molar-refractivity contribution in [2.45, 2.75) is 26.7 Å². The molecule has 24 heavy (non-hydrogen) atoms. The van der Waals surface area contributed by atoms with Crippen LogP contribution in [0.1, 0.15) is 37.9 Å². The summed E-state index contributed by atoms with van der Waals surface area (Å²) >= 11 is 0. The minimum Gasteiger partial charge on any atom is -0.232 e. The molecule has 3 aromatic rings. The first-order valence-corrected chi connectivity index (χ1v) is 8.09. The Balaban J connectivity index is 2.34. The Hall–Kier alpha value is -2.68. The van der Waals surface area contributed by atoms with Crippen molar-refractivity contribution in [1.82, 2.24) is 9.78 Å². The molecule has 122 valence electrons. The summed E-state index contributed by atoms with van der Waals surface area (Å²) in [4.78, 5) is 0. The summed E-state index contributed by atoms with van der Waals surface area (Å²) < 4.78 is 15.3. The second-order valence-electron chi connectivity index (χ2n) is 6.30. The molecule has 0 fully saturated rings. The zero-order valence-electron chi connectivity index (χ0n) is 14.3. The van der Waals surface area contributed by atoms with Crippen LogP contribution < -0.4 is 0 Å². The van der Waals surface area contributed by atoms with Crippen molar-refractivity contribution >= 4 is 5.57 Å². The van der Waals surface area contributed by atoms with Gasteiger partial charge >= 0.3 is 0 Å². The van der Waals surface area contributed by atoms with E-state index in [1.807, 2.05) is 41.9 Å². The standard InChI is InChI=1S/C21H21FN2/c1-14(2)19-20(15(3)4)23-24(18-8-6-5-7-9-18)21(19)16-10-12-17(22)13-11-16/h5-13,15H,1H2,2-4H3. The van der Waals surface area contributed by atoms with Crippen molar-refractivity contribution in [3.63, 3.8) is 0 Å². The van der Waals surface area contributed by atoms with Gasteiger partial charge in [-0.2, -0.15) is 5.10 Å². The Morgan fingerprint density at radius 3 is 2.21 bits per heavy atom. The predicted molar refractivity (Wildman–Crippen MR) is 97.8 cm³/mol. The first-order valence-electron chi connectivity index (χ1n) is 8.09. The number of aromatic nitrogens is 2. The molecule has 2 nitrogen and oxygen atoms in total. The van der Waals surface area contributed by atoms with E-state index in [1.54, 1.807) is 12.1 Å². The fraction of sp³-hybridized carbons (Fsp3) is 0.190. The van der Waals surface area contributed by atoms with E-state index in [9.17, 15) is 4.39 Å². The number of benzene rings is 2. The third kappa shape index (κ3) is 2.90. The molecular weight excluding hydrogens is 299 g/mol. The van der Waals surface area contributed by atoms with Crippen LogP contribution in [0.2, 0.25) is 0 Å². The lowest BCUT2D eigenvalue weighted by molar-refractivity contribution is 0.628. The second-order valence-corrected chi connectivity index (χ2v) is 6.30. The van der Waals surface area contributed by atoms with Crippen LogP contribution in [0.4, 0.5) is 4.39 Å². The van der Waals surface area contributed by atoms with Crippen LogP contribution in [0.25, 0.3) is 22.5 Å². The highest BCUT2D eigenvalue weighted by Crippen LogP contribution is 2.36. The topological polar surface area (TPSA) is 17.8 Å². The maximum absolute atomic E-state index is 13.4. The molecule has 0 amide bonds. The number of para-hydroxylation sites is 1. The van der Waals surface area contributed by atoms with E-state index in [2.05, 4.69) is 20.4 Å². The fourth-order valence-corrected chi connectivity index (χ4v) is 2.89. The predicted octanol–water partition coefficient (Wildman–Crippen LogP) is 5.83. The Bertz CT molecular complexity index is 859. The van der Waals surface area contributed by atoms with Crippen molar-refractivity contribution in [3.8, 4) is 16.9 Å². The highest BCUT2D eigenvalue weighted by molar-refractivity contribution is 5.80. The third-order valence-electron chi connectivity index (χ3n) is 4.00. The lowest BCUT2D eigenvalue weighted by Crippen LogP contribution is -2.00. The van der Waals surface area contributed by atoms with Crippen molar-refractivity contribution in [3.05, 3.63) is 78.3 Å². The van der Waals surface area contributed by atoms with Crippen LogP contribution >= 0.6 is 0 Å². The smallest absolute Gasteiger partial charge is 0.123 e. The van der Waals surface area contributed by atoms with Crippen LogP contribution in [0, 0.1) is 5.82 Å². The molecule has 2 aromatic carbocycles. The first kappa shape index (κ1) is 16.2. The van der Waals surface area contributed by atoms with Crippen LogP contribution in [0.5, 0.6) is 0 Å². The van der Waals surface area contributed by atoms with Gasteiger partial charge < -0.3 is 0 Å². The normalized spacial score (nSPS) is 11.0. The van der Waals surface area contributed by atoms with Gasteiger partial charge in [0.2, 0.25) is 0 Å². The monoisotopic (exact) mass is 320 g/mol. The molecule has 1 aromatic heterocycles. The van der Waals surface area contributed by atoms with Crippen LogP contribution in [-0.4, -0.2) is 9.78 Å². The van der Waals surface area contributed by atoms with Crippen molar-refractivity contribution in [2.24, 2.45) is 0 Å². The number of allylic oxidation sites excluding steroid dienone is 1. The molecule has 3 rings (SSSR count). The van der Waals surface area contributed by atoms with Gasteiger partial charge in [-0.05, 0) is 54.8 Å². The maximum Gasteiger partial charge on any atom is 0.123 e. The molecule has 0 aliphatic carbocycles.